The molecule has 0 radical (unpaired) electrons. The average molecular weight is 222 g/mol. The molecule has 86 valence electrons. The normalized spacial score (nSPS) is 16.9. The summed E-state index contributed by atoms with van der Waals surface area (Å²) in [5, 5.41) is 2.91. The molecule has 2 rings (SSSR count). The van der Waals surface area contributed by atoms with Crippen LogP contribution in [0.2, 0.25) is 0 Å². The van der Waals surface area contributed by atoms with Crippen molar-refractivity contribution in [3.8, 4) is 0 Å². The van der Waals surface area contributed by atoms with Crippen molar-refractivity contribution in [2.24, 2.45) is 5.73 Å². The zero-order valence-corrected chi connectivity index (χ0v) is 9.22. The fourth-order valence-corrected chi connectivity index (χ4v) is 1.72. The summed E-state index contributed by atoms with van der Waals surface area (Å²) in [6.45, 7) is 2.18. The molecular weight excluding hydrogens is 207 g/mol. The van der Waals surface area contributed by atoms with Crippen LogP contribution in [-0.2, 0) is 0 Å². The molecule has 0 saturated heterocycles. The van der Waals surface area contributed by atoms with E-state index in [0.717, 1.165) is 12.8 Å². The number of halogens is 1. The SMILES string of the molecule is Cc1cc(F)ccc1C(=O)NC1(CN)CC1. The molecule has 0 atom stereocenters. The lowest BCUT2D eigenvalue weighted by Crippen LogP contribution is -2.42. The minimum atomic E-state index is -0.325. The van der Waals surface area contributed by atoms with Crippen LogP contribution in [0.1, 0.15) is 28.8 Å². The van der Waals surface area contributed by atoms with Gasteiger partial charge in [0.15, 0.2) is 0 Å². The monoisotopic (exact) mass is 222 g/mol. The topological polar surface area (TPSA) is 55.1 Å². The van der Waals surface area contributed by atoms with Gasteiger partial charge in [0.2, 0.25) is 0 Å². The number of aryl methyl sites for hydroxylation is 1. The Labute approximate surface area is 93.8 Å². The van der Waals surface area contributed by atoms with Gasteiger partial charge in [0.05, 0.1) is 5.54 Å². The summed E-state index contributed by atoms with van der Waals surface area (Å²) >= 11 is 0. The van der Waals surface area contributed by atoms with Crippen molar-refractivity contribution in [2.45, 2.75) is 25.3 Å². The van der Waals surface area contributed by atoms with Crippen molar-refractivity contribution in [1.29, 1.82) is 0 Å². The fraction of sp³-hybridized carbons (Fsp3) is 0.417. The third kappa shape index (κ3) is 2.07. The lowest BCUT2D eigenvalue weighted by atomic mass is 10.1. The van der Waals surface area contributed by atoms with Crippen LogP contribution < -0.4 is 11.1 Å². The number of hydrogen-bond donors (Lipinski definition) is 2. The number of carbonyl (C=O) groups excluding carboxylic acids is 1. The highest BCUT2D eigenvalue weighted by atomic mass is 19.1. The van der Waals surface area contributed by atoms with Crippen LogP contribution in [0.3, 0.4) is 0 Å². The van der Waals surface area contributed by atoms with Crippen LogP contribution in [0, 0.1) is 12.7 Å². The molecule has 0 aromatic heterocycles. The Morgan fingerprint density at radius 3 is 2.75 bits per heavy atom. The van der Waals surface area contributed by atoms with Gasteiger partial charge in [-0.1, -0.05) is 0 Å². The summed E-state index contributed by atoms with van der Waals surface area (Å²) in [6.07, 6.45) is 1.85. The van der Waals surface area contributed by atoms with Crippen molar-refractivity contribution in [3.05, 3.63) is 35.1 Å². The average Bonchev–Trinajstić information content (AvgIpc) is 2.98. The van der Waals surface area contributed by atoms with Crippen LogP contribution in [0.5, 0.6) is 0 Å². The van der Waals surface area contributed by atoms with E-state index in [1.807, 2.05) is 0 Å². The highest BCUT2D eigenvalue weighted by Crippen LogP contribution is 2.34. The highest BCUT2D eigenvalue weighted by molar-refractivity contribution is 5.96. The van der Waals surface area contributed by atoms with E-state index in [9.17, 15) is 9.18 Å². The molecule has 3 nitrogen and oxygen atoms in total. The third-order valence-electron chi connectivity index (χ3n) is 3.06. The summed E-state index contributed by atoms with van der Waals surface area (Å²) in [7, 11) is 0. The van der Waals surface area contributed by atoms with E-state index < -0.39 is 0 Å². The summed E-state index contributed by atoms with van der Waals surface area (Å²) < 4.78 is 12.9. The number of hydrogen-bond acceptors (Lipinski definition) is 2. The van der Waals surface area contributed by atoms with Crippen LogP contribution in [0.25, 0.3) is 0 Å². The third-order valence-corrected chi connectivity index (χ3v) is 3.06. The van der Waals surface area contributed by atoms with E-state index in [0.29, 0.717) is 17.7 Å². The Morgan fingerprint density at radius 2 is 2.25 bits per heavy atom. The van der Waals surface area contributed by atoms with Gasteiger partial charge in [0.25, 0.3) is 5.91 Å². The predicted octanol–water partition coefficient (Wildman–Crippen LogP) is 1.36. The molecular formula is C12H15FN2O. The quantitative estimate of drug-likeness (QED) is 0.811. The highest BCUT2D eigenvalue weighted by Gasteiger charge is 2.42. The second-order valence-electron chi connectivity index (χ2n) is 4.40. The molecule has 1 aromatic rings. The van der Waals surface area contributed by atoms with Crippen LogP contribution in [-0.4, -0.2) is 18.0 Å². The summed E-state index contributed by atoms with van der Waals surface area (Å²) in [4.78, 5) is 11.9. The minimum absolute atomic E-state index is 0.166. The molecule has 0 unspecified atom stereocenters. The molecule has 1 fully saturated rings. The second-order valence-corrected chi connectivity index (χ2v) is 4.40. The zero-order chi connectivity index (χ0) is 11.8. The lowest BCUT2D eigenvalue weighted by molar-refractivity contribution is 0.0932. The van der Waals surface area contributed by atoms with Gasteiger partial charge < -0.3 is 11.1 Å². The number of nitrogens with one attached hydrogen (secondary N) is 1. The predicted molar refractivity (Wildman–Crippen MR) is 59.6 cm³/mol. The van der Waals surface area contributed by atoms with Gasteiger partial charge in [-0.25, -0.2) is 4.39 Å². The van der Waals surface area contributed by atoms with Crippen molar-refractivity contribution >= 4 is 5.91 Å². The molecule has 1 aliphatic rings. The Hall–Kier alpha value is -1.42. The number of nitrogens with two attached hydrogens (primary N) is 1. The van der Waals surface area contributed by atoms with Crippen molar-refractivity contribution < 1.29 is 9.18 Å². The Bertz CT molecular complexity index is 427. The van der Waals surface area contributed by atoms with Crippen LogP contribution in [0.15, 0.2) is 18.2 Å². The number of rotatable bonds is 3. The molecule has 3 N–H and O–H groups in total. The molecule has 1 aliphatic carbocycles. The van der Waals surface area contributed by atoms with Crippen molar-refractivity contribution in [2.75, 3.05) is 6.54 Å². The fourth-order valence-electron chi connectivity index (χ4n) is 1.72. The second kappa shape index (κ2) is 3.87. The van der Waals surface area contributed by atoms with Gasteiger partial charge in [0, 0.05) is 12.1 Å². The molecule has 16 heavy (non-hydrogen) atoms. The molecule has 1 amide bonds. The standard InChI is InChI=1S/C12H15FN2O/c1-8-6-9(13)2-3-10(8)11(16)15-12(7-14)4-5-12/h2-3,6H,4-5,7,14H2,1H3,(H,15,16). The maximum absolute atomic E-state index is 12.9. The van der Waals surface area contributed by atoms with E-state index in [1.54, 1.807) is 6.92 Å². The molecule has 1 aromatic carbocycles. The van der Waals surface area contributed by atoms with E-state index >= 15 is 0 Å². The maximum Gasteiger partial charge on any atom is 0.252 e. The van der Waals surface area contributed by atoms with Gasteiger partial charge in [-0.3, -0.25) is 4.79 Å². The molecule has 0 aliphatic heterocycles. The van der Waals surface area contributed by atoms with Gasteiger partial charge in [0.1, 0.15) is 5.82 Å². The van der Waals surface area contributed by atoms with E-state index in [1.165, 1.54) is 18.2 Å². The van der Waals surface area contributed by atoms with Crippen molar-refractivity contribution in [3.63, 3.8) is 0 Å². The molecule has 4 heteroatoms. The molecule has 0 heterocycles. The first-order valence-corrected chi connectivity index (χ1v) is 5.35. The first-order valence-electron chi connectivity index (χ1n) is 5.35. The van der Waals surface area contributed by atoms with E-state index in [-0.39, 0.29) is 17.3 Å². The lowest BCUT2D eigenvalue weighted by Gasteiger charge is -2.15. The van der Waals surface area contributed by atoms with Gasteiger partial charge >= 0.3 is 0 Å². The van der Waals surface area contributed by atoms with Crippen LogP contribution >= 0.6 is 0 Å². The van der Waals surface area contributed by atoms with E-state index in [2.05, 4.69) is 5.32 Å². The maximum atomic E-state index is 12.9. The van der Waals surface area contributed by atoms with Gasteiger partial charge in [-0.2, -0.15) is 0 Å². The zero-order valence-electron chi connectivity index (χ0n) is 9.22. The minimum Gasteiger partial charge on any atom is -0.345 e. The molecule has 1 saturated carbocycles. The van der Waals surface area contributed by atoms with Crippen LogP contribution in [0.4, 0.5) is 4.39 Å². The van der Waals surface area contributed by atoms with Crippen molar-refractivity contribution in [1.82, 2.24) is 5.32 Å². The molecule has 0 spiro atoms. The summed E-state index contributed by atoms with van der Waals surface area (Å²) in [6, 6.07) is 4.16. The first kappa shape index (κ1) is 11.1. The number of amides is 1. The molecule has 0 bridgehead atoms. The first-order chi connectivity index (χ1) is 7.56. The number of benzene rings is 1. The largest absolute Gasteiger partial charge is 0.345 e. The Balaban J connectivity index is 2.15. The summed E-state index contributed by atoms with van der Waals surface area (Å²) in [5.41, 5.74) is 6.53. The van der Waals surface area contributed by atoms with Gasteiger partial charge in [-0.05, 0) is 43.5 Å². The summed E-state index contributed by atoms with van der Waals surface area (Å²) in [5.74, 6) is -0.491. The Kier molecular flexibility index (Phi) is 2.68. The van der Waals surface area contributed by atoms with E-state index in [4.69, 9.17) is 5.73 Å². The smallest absolute Gasteiger partial charge is 0.252 e. The number of carbonyl (C=O) groups is 1. The Morgan fingerprint density at radius 1 is 1.56 bits per heavy atom. The van der Waals surface area contributed by atoms with Gasteiger partial charge in [-0.15, -0.1) is 0 Å².